The lowest BCUT2D eigenvalue weighted by atomic mass is 10.2. The number of ether oxygens (including phenoxy) is 1. The van der Waals surface area contributed by atoms with E-state index in [4.69, 9.17) is 5.11 Å². The first-order chi connectivity index (χ1) is 6.90. The van der Waals surface area contributed by atoms with E-state index in [1.165, 1.54) is 4.90 Å². The minimum absolute atomic E-state index is 0.00350. The zero-order chi connectivity index (χ0) is 11.5. The number of hydrogen-bond acceptors (Lipinski definition) is 3. The van der Waals surface area contributed by atoms with Crippen molar-refractivity contribution in [3.8, 4) is 0 Å². The quantitative estimate of drug-likeness (QED) is 0.780. The van der Waals surface area contributed by atoms with E-state index < -0.39 is 25.0 Å². The number of rotatable bonds is 4. The Labute approximate surface area is 84.6 Å². The van der Waals surface area contributed by atoms with Crippen molar-refractivity contribution >= 4 is 5.97 Å². The molecule has 1 heterocycles. The van der Waals surface area contributed by atoms with Crippen molar-refractivity contribution in [1.82, 2.24) is 4.90 Å². The largest absolute Gasteiger partial charge is 0.522 e. The standard InChI is InChI=1S/C8H12F3NO3/c9-8(10,11)15-5-4-12-3-1-2-6(12)7(13)14/h6H,1-5H2,(H,13,14). The smallest absolute Gasteiger partial charge is 0.480 e. The maximum atomic E-state index is 11.6. The molecule has 0 radical (unpaired) electrons. The van der Waals surface area contributed by atoms with Crippen molar-refractivity contribution in [2.45, 2.75) is 25.2 Å². The summed E-state index contributed by atoms with van der Waals surface area (Å²) in [5.41, 5.74) is 0. The Kier molecular flexibility index (Phi) is 3.92. The van der Waals surface area contributed by atoms with Gasteiger partial charge in [0, 0.05) is 6.54 Å². The Balaban J connectivity index is 2.29. The maximum absolute atomic E-state index is 11.6. The van der Waals surface area contributed by atoms with Crippen LogP contribution in [0.1, 0.15) is 12.8 Å². The molecule has 1 unspecified atom stereocenters. The van der Waals surface area contributed by atoms with Gasteiger partial charge in [-0.2, -0.15) is 0 Å². The molecule has 0 aliphatic carbocycles. The fourth-order valence-electron chi connectivity index (χ4n) is 1.65. The normalized spacial score (nSPS) is 23.3. The topological polar surface area (TPSA) is 49.8 Å². The number of carboxylic acids is 1. The molecule has 0 bridgehead atoms. The van der Waals surface area contributed by atoms with Gasteiger partial charge in [-0.15, -0.1) is 13.2 Å². The molecule has 0 saturated carbocycles. The molecular weight excluding hydrogens is 215 g/mol. The summed E-state index contributed by atoms with van der Waals surface area (Å²) >= 11 is 0. The van der Waals surface area contributed by atoms with Gasteiger partial charge in [0.25, 0.3) is 0 Å². The van der Waals surface area contributed by atoms with E-state index >= 15 is 0 Å². The summed E-state index contributed by atoms with van der Waals surface area (Å²) in [4.78, 5) is 12.2. The van der Waals surface area contributed by atoms with Gasteiger partial charge in [0.2, 0.25) is 0 Å². The first-order valence-electron chi connectivity index (χ1n) is 4.58. The molecular formula is C8H12F3NO3. The van der Waals surface area contributed by atoms with Gasteiger partial charge in [-0.25, -0.2) is 0 Å². The van der Waals surface area contributed by atoms with Crippen molar-refractivity contribution in [3.63, 3.8) is 0 Å². The molecule has 1 atom stereocenters. The third kappa shape index (κ3) is 4.05. The molecule has 1 saturated heterocycles. The number of halogens is 3. The minimum Gasteiger partial charge on any atom is -0.480 e. The highest BCUT2D eigenvalue weighted by molar-refractivity contribution is 5.73. The Bertz CT molecular complexity index is 232. The molecule has 15 heavy (non-hydrogen) atoms. The highest BCUT2D eigenvalue weighted by atomic mass is 19.4. The molecule has 0 spiro atoms. The van der Waals surface area contributed by atoms with Crippen LogP contribution in [0, 0.1) is 0 Å². The van der Waals surface area contributed by atoms with Gasteiger partial charge in [0.1, 0.15) is 6.04 Å². The Morgan fingerprint density at radius 1 is 1.53 bits per heavy atom. The SMILES string of the molecule is O=C(O)C1CCCN1CCOC(F)(F)F. The molecule has 0 aromatic rings. The average Bonchev–Trinajstić information content (AvgIpc) is 2.49. The number of aliphatic carboxylic acids is 1. The third-order valence-electron chi connectivity index (χ3n) is 2.29. The van der Waals surface area contributed by atoms with E-state index in [1.807, 2.05) is 0 Å². The van der Waals surface area contributed by atoms with Crippen LogP contribution >= 0.6 is 0 Å². The van der Waals surface area contributed by atoms with E-state index in [9.17, 15) is 18.0 Å². The van der Waals surface area contributed by atoms with Gasteiger partial charge >= 0.3 is 12.3 Å². The summed E-state index contributed by atoms with van der Waals surface area (Å²) in [7, 11) is 0. The number of alkyl halides is 3. The molecule has 4 nitrogen and oxygen atoms in total. The van der Waals surface area contributed by atoms with Crippen LogP contribution in [0.15, 0.2) is 0 Å². The van der Waals surface area contributed by atoms with E-state index in [0.29, 0.717) is 19.4 Å². The van der Waals surface area contributed by atoms with Gasteiger partial charge < -0.3 is 5.11 Å². The monoisotopic (exact) mass is 227 g/mol. The lowest BCUT2D eigenvalue weighted by Crippen LogP contribution is -2.38. The first kappa shape index (κ1) is 12.3. The van der Waals surface area contributed by atoms with Gasteiger partial charge in [-0.05, 0) is 19.4 Å². The van der Waals surface area contributed by atoms with E-state index in [1.54, 1.807) is 0 Å². The van der Waals surface area contributed by atoms with Crippen LogP contribution in [0.3, 0.4) is 0 Å². The molecule has 1 aliphatic rings. The first-order valence-corrected chi connectivity index (χ1v) is 4.58. The van der Waals surface area contributed by atoms with Crippen molar-refractivity contribution in [2.24, 2.45) is 0 Å². The second-order valence-corrected chi connectivity index (χ2v) is 3.33. The summed E-state index contributed by atoms with van der Waals surface area (Å²) in [5, 5.41) is 8.74. The van der Waals surface area contributed by atoms with Crippen LogP contribution in [0.5, 0.6) is 0 Å². The summed E-state index contributed by atoms with van der Waals surface area (Å²) in [6.07, 6.45) is -3.46. The minimum atomic E-state index is -4.64. The molecule has 7 heteroatoms. The number of carbonyl (C=O) groups is 1. The van der Waals surface area contributed by atoms with Gasteiger partial charge in [0.05, 0.1) is 6.61 Å². The van der Waals surface area contributed by atoms with E-state index in [-0.39, 0.29) is 6.54 Å². The van der Waals surface area contributed by atoms with Crippen molar-refractivity contribution in [3.05, 3.63) is 0 Å². The van der Waals surface area contributed by atoms with Gasteiger partial charge in [0.15, 0.2) is 0 Å². The fourth-order valence-corrected chi connectivity index (χ4v) is 1.65. The van der Waals surface area contributed by atoms with Crippen LogP contribution in [-0.2, 0) is 9.53 Å². The maximum Gasteiger partial charge on any atom is 0.522 e. The Morgan fingerprint density at radius 2 is 2.20 bits per heavy atom. The van der Waals surface area contributed by atoms with Crippen molar-refractivity contribution in [1.29, 1.82) is 0 Å². The van der Waals surface area contributed by atoms with E-state index in [2.05, 4.69) is 4.74 Å². The molecule has 0 aromatic heterocycles. The summed E-state index contributed by atoms with van der Waals surface area (Å²) < 4.78 is 38.5. The predicted octanol–water partition coefficient (Wildman–Crippen LogP) is 1.07. The van der Waals surface area contributed by atoms with Crippen molar-refractivity contribution in [2.75, 3.05) is 19.7 Å². The molecule has 0 aromatic carbocycles. The fraction of sp³-hybridized carbons (Fsp3) is 0.875. The number of hydrogen-bond donors (Lipinski definition) is 1. The summed E-state index contributed by atoms with van der Waals surface area (Å²) in [5.74, 6) is -0.987. The van der Waals surface area contributed by atoms with Crippen LogP contribution in [0.2, 0.25) is 0 Å². The lowest BCUT2D eigenvalue weighted by Gasteiger charge is -2.20. The van der Waals surface area contributed by atoms with Crippen molar-refractivity contribution < 1.29 is 27.8 Å². The molecule has 1 rings (SSSR count). The second kappa shape index (κ2) is 4.80. The average molecular weight is 227 g/mol. The summed E-state index contributed by atoms with van der Waals surface area (Å²) in [6.45, 7) is -0.0120. The molecule has 1 fully saturated rings. The molecule has 1 aliphatic heterocycles. The highest BCUT2D eigenvalue weighted by Gasteiger charge is 2.32. The lowest BCUT2D eigenvalue weighted by molar-refractivity contribution is -0.325. The van der Waals surface area contributed by atoms with Gasteiger partial charge in [-0.1, -0.05) is 0 Å². The number of likely N-dealkylation sites (tertiary alicyclic amines) is 1. The third-order valence-corrected chi connectivity index (χ3v) is 2.29. The van der Waals surface area contributed by atoms with Crippen LogP contribution in [0.25, 0.3) is 0 Å². The number of nitrogens with zero attached hydrogens (tertiary/aromatic N) is 1. The van der Waals surface area contributed by atoms with Crippen LogP contribution in [0.4, 0.5) is 13.2 Å². The second-order valence-electron chi connectivity index (χ2n) is 3.33. The Hall–Kier alpha value is -0.820. The molecule has 88 valence electrons. The zero-order valence-corrected chi connectivity index (χ0v) is 7.96. The van der Waals surface area contributed by atoms with E-state index in [0.717, 1.165) is 0 Å². The number of carboxylic acid groups (broad SMARTS) is 1. The summed E-state index contributed by atoms with van der Waals surface area (Å²) in [6, 6.07) is -0.665. The predicted molar refractivity (Wildman–Crippen MR) is 44.2 cm³/mol. The highest BCUT2D eigenvalue weighted by Crippen LogP contribution is 2.19. The molecule has 1 N–H and O–H groups in total. The Morgan fingerprint density at radius 3 is 2.73 bits per heavy atom. The van der Waals surface area contributed by atoms with Crippen LogP contribution < -0.4 is 0 Å². The van der Waals surface area contributed by atoms with Gasteiger partial charge in [-0.3, -0.25) is 14.4 Å². The van der Waals surface area contributed by atoms with Crippen LogP contribution in [-0.4, -0.2) is 48.1 Å². The zero-order valence-electron chi connectivity index (χ0n) is 7.96. The molecule has 0 amide bonds.